The van der Waals surface area contributed by atoms with Crippen molar-refractivity contribution >= 4 is 34.9 Å². The first-order valence-electron chi connectivity index (χ1n) is 6.22. The van der Waals surface area contributed by atoms with Crippen LogP contribution in [0.3, 0.4) is 0 Å². The lowest BCUT2D eigenvalue weighted by Gasteiger charge is -2.09. The Bertz CT molecular complexity index is 671. The van der Waals surface area contributed by atoms with Crippen LogP contribution in [0, 0.1) is 0 Å². The third-order valence-corrected chi connectivity index (χ3v) is 3.80. The van der Waals surface area contributed by atoms with E-state index in [0.29, 0.717) is 17.1 Å². The molecule has 3 amide bonds. The maximum Gasteiger partial charge on any atom is 0.294 e. The Morgan fingerprint density at radius 1 is 1.27 bits per heavy atom. The summed E-state index contributed by atoms with van der Waals surface area (Å²) in [6.45, 7) is -0.423. The molecule has 1 aliphatic rings. The van der Waals surface area contributed by atoms with Crippen molar-refractivity contribution in [3.8, 4) is 11.5 Å². The van der Waals surface area contributed by atoms with Crippen LogP contribution in [0.1, 0.15) is 5.56 Å². The zero-order valence-electron chi connectivity index (χ0n) is 12.0. The molecule has 1 aromatic rings. The molecule has 7 nitrogen and oxygen atoms in total. The van der Waals surface area contributed by atoms with Gasteiger partial charge in [0.15, 0.2) is 11.5 Å². The Labute approximate surface area is 131 Å². The van der Waals surface area contributed by atoms with Gasteiger partial charge in [-0.15, -0.1) is 0 Å². The Morgan fingerprint density at radius 2 is 1.95 bits per heavy atom. The van der Waals surface area contributed by atoms with E-state index in [2.05, 4.69) is 0 Å². The fourth-order valence-electron chi connectivity index (χ4n) is 1.89. The second-order valence-electron chi connectivity index (χ2n) is 4.35. The summed E-state index contributed by atoms with van der Waals surface area (Å²) in [6, 6.07) is 5.10. The maximum absolute atomic E-state index is 12.1. The molecular formula is C14H14N2O5S. The molecular weight excluding hydrogens is 308 g/mol. The molecule has 22 heavy (non-hydrogen) atoms. The molecule has 2 N–H and O–H groups in total. The van der Waals surface area contributed by atoms with Crippen LogP contribution in [0.5, 0.6) is 11.5 Å². The van der Waals surface area contributed by atoms with Gasteiger partial charge in [-0.2, -0.15) is 0 Å². The topological polar surface area (TPSA) is 98.9 Å². The molecule has 1 heterocycles. The summed E-state index contributed by atoms with van der Waals surface area (Å²) in [5, 5.41) is -0.518. The normalized spacial score (nSPS) is 16.3. The zero-order valence-corrected chi connectivity index (χ0v) is 12.8. The van der Waals surface area contributed by atoms with Crippen molar-refractivity contribution in [2.45, 2.75) is 0 Å². The Hall–Kier alpha value is -2.48. The number of imide groups is 1. The van der Waals surface area contributed by atoms with Gasteiger partial charge < -0.3 is 15.2 Å². The van der Waals surface area contributed by atoms with E-state index in [4.69, 9.17) is 15.2 Å². The fourth-order valence-corrected chi connectivity index (χ4v) is 2.72. The second kappa shape index (κ2) is 6.52. The number of thioether (sulfide) groups is 1. The minimum Gasteiger partial charge on any atom is -0.493 e. The van der Waals surface area contributed by atoms with Crippen LogP contribution in [0.25, 0.3) is 6.08 Å². The number of nitrogens with zero attached hydrogens (tertiary/aromatic N) is 1. The third kappa shape index (κ3) is 3.22. The van der Waals surface area contributed by atoms with Gasteiger partial charge in [-0.05, 0) is 35.5 Å². The number of amides is 3. The number of methoxy groups -OCH3 is 2. The minimum absolute atomic E-state index is 0.221. The Morgan fingerprint density at radius 3 is 2.55 bits per heavy atom. The molecule has 0 aliphatic carbocycles. The number of carbonyl (C=O) groups is 3. The Kier molecular flexibility index (Phi) is 4.71. The summed E-state index contributed by atoms with van der Waals surface area (Å²) in [6.07, 6.45) is 1.55. The number of hydrogen-bond acceptors (Lipinski definition) is 6. The van der Waals surface area contributed by atoms with E-state index >= 15 is 0 Å². The van der Waals surface area contributed by atoms with Gasteiger partial charge in [-0.1, -0.05) is 6.07 Å². The highest BCUT2D eigenvalue weighted by atomic mass is 32.2. The number of nitrogens with two attached hydrogens (primary N) is 1. The average Bonchev–Trinajstić information content (AvgIpc) is 2.74. The molecule has 0 aromatic heterocycles. The number of hydrogen-bond donors (Lipinski definition) is 1. The number of benzene rings is 1. The summed E-state index contributed by atoms with van der Waals surface area (Å²) < 4.78 is 10.3. The van der Waals surface area contributed by atoms with Crippen molar-refractivity contribution in [1.82, 2.24) is 4.90 Å². The van der Waals surface area contributed by atoms with Crippen LogP contribution in [0.15, 0.2) is 23.1 Å². The van der Waals surface area contributed by atoms with Crippen LogP contribution >= 0.6 is 11.8 Å². The molecule has 0 spiro atoms. The van der Waals surface area contributed by atoms with Crippen LogP contribution in [0.4, 0.5) is 4.79 Å². The van der Waals surface area contributed by atoms with E-state index in [0.717, 1.165) is 16.7 Å². The predicted octanol–water partition coefficient (Wildman–Crippen LogP) is 1.23. The summed E-state index contributed by atoms with van der Waals surface area (Å²) in [7, 11) is 3.02. The molecule has 0 bridgehead atoms. The first-order chi connectivity index (χ1) is 10.5. The maximum atomic E-state index is 12.1. The third-order valence-electron chi connectivity index (χ3n) is 2.89. The van der Waals surface area contributed by atoms with Gasteiger partial charge in [0.1, 0.15) is 6.54 Å². The lowest BCUT2D eigenvalue weighted by molar-refractivity contribution is -0.127. The monoisotopic (exact) mass is 322 g/mol. The second-order valence-corrected chi connectivity index (χ2v) is 5.34. The number of ether oxygens (including phenoxy) is 2. The summed E-state index contributed by atoms with van der Waals surface area (Å²) in [4.78, 5) is 35.7. The average molecular weight is 322 g/mol. The highest BCUT2D eigenvalue weighted by molar-refractivity contribution is 8.18. The first kappa shape index (κ1) is 15.9. The van der Waals surface area contributed by atoms with E-state index < -0.39 is 23.6 Å². The predicted molar refractivity (Wildman–Crippen MR) is 81.4 cm³/mol. The van der Waals surface area contributed by atoms with Crippen molar-refractivity contribution in [2.75, 3.05) is 20.8 Å². The van der Waals surface area contributed by atoms with Gasteiger partial charge in [-0.3, -0.25) is 19.3 Å². The van der Waals surface area contributed by atoms with E-state index in [-0.39, 0.29) is 4.91 Å². The van der Waals surface area contributed by atoms with Crippen molar-refractivity contribution < 1.29 is 23.9 Å². The van der Waals surface area contributed by atoms with Crippen molar-refractivity contribution in [2.24, 2.45) is 5.73 Å². The lowest BCUT2D eigenvalue weighted by atomic mass is 10.2. The van der Waals surface area contributed by atoms with Crippen LogP contribution in [-0.2, 0) is 9.59 Å². The molecule has 1 aromatic carbocycles. The number of carbonyl (C=O) groups excluding carboxylic acids is 3. The summed E-state index contributed by atoms with van der Waals surface area (Å²) in [5.41, 5.74) is 5.69. The molecule has 1 aliphatic heterocycles. The van der Waals surface area contributed by atoms with Crippen molar-refractivity contribution in [1.29, 1.82) is 0 Å². The number of primary amides is 1. The van der Waals surface area contributed by atoms with E-state index in [1.807, 2.05) is 0 Å². The smallest absolute Gasteiger partial charge is 0.294 e. The molecule has 2 rings (SSSR count). The molecule has 0 radical (unpaired) electrons. The first-order valence-corrected chi connectivity index (χ1v) is 7.03. The molecule has 8 heteroatoms. The van der Waals surface area contributed by atoms with Crippen LogP contribution < -0.4 is 15.2 Å². The molecule has 1 saturated heterocycles. The van der Waals surface area contributed by atoms with Gasteiger partial charge in [0.25, 0.3) is 11.1 Å². The van der Waals surface area contributed by atoms with Crippen LogP contribution in [-0.4, -0.2) is 42.7 Å². The summed E-state index contributed by atoms with van der Waals surface area (Å²) in [5.74, 6) is -0.215. The molecule has 0 atom stereocenters. The van der Waals surface area contributed by atoms with Crippen molar-refractivity contribution in [3.05, 3.63) is 28.7 Å². The molecule has 0 unspecified atom stereocenters. The van der Waals surface area contributed by atoms with Gasteiger partial charge in [0, 0.05) is 0 Å². The molecule has 0 saturated carbocycles. The fraction of sp³-hybridized carbons (Fsp3) is 0.214. The van der Waals surface area contributed by atoms with E-state index in [1.54, 1.807) is 24.3 Å². The van der Waals surface area contributed by atoms with Gasteiger partial charge in [0.05, 0.1) is 19.1 Å². The molecule has 116 valence electrons. The Balaban J connectivity index is 2.28. The van der Waals surface area contributed by atoms with Crippen LogP contribution in [0.2, 0.25) is 0 Å². The van der Waals surface area contributed by atoms with E-state index in [9.17, 15) is 14.4 Å². The van der Waals surface area contributed by atoms with Gasteiger partial charge in [0.2, 0.25) is 5.91 Å². The van der Waals surface area contributed by atoms with Crippen molar-refractivity contribution in [3.63, 3.8) is 0 Å². The largest absolute Gasteiger partial charge is 0.493 e. The lowest BCUT2D eigenvalue weighted by Crippen LogP contribution is -2.36. The van der Waals surface area contributed by atoms with E-state index in [1.165, 1.54) is 14.2 Å². The summed E-state index contributed by atoms with van der Waals surface area (Å²) >= 11 is 0.761. The molecule has 1 fully saturated rings. The van der Waals surface area contributed by atoms with Gasteiger partial charge in [-0.25, -0.2) is 0 Å². The SMILES string of the molecule is COc1ccc(/C=C2\SC(=O)N(CC(N)=O)C2=O)cc1OC. The van der Waals surface area contributed by atoms with Gasteiger partial charge >= 0.3 is 0 Å². The highest BCUT2D eigenvalue weighted by Crippen LogP contribution is 2.34. The zero-order chi connectivity index (χ0) is 16.3. The highest BCUT2D eigenvalue weighted by Gasteiger charge is 2.35. The number of rotatable bonds is 5. The standard InChI is InChI=1S/C14H14N2O5S/c1-20-9-4-3-8(5-10(9)21-2)6-11-13(18)16(7-12(15)17)14(19)22-11/h3-6H,7H2,1-2H3,(H2,15,17)/b11-6-. The minimum atomic E-state index is -0.741. The quantitative estimate of drug-likeness (QED) is 0.819.